The molecular weight excluding hydrogens is 234 g/mol. The van der Waals surface area contributed by atoms with E-state index in [0.717, 1.165) is 0 Å². The van der Waals surface area contributed by atoms with E-state index in [1.165, 1.54) is 7.11 Å². The zero-order valence-electron chi connectivity index (χ0n) is 9.01. The molecule has 0 saturated carbocycles. The number of hydrogen-bond donors (Lipinski definition) is 1. The van der Waals surface area contributed by atoms with Gasteiger partial charge >= 0.3 is 5.97 Å². The molecule has 92 valence electrons. The number of nitrogens with one attached hydrogen (secondary N) is 1. The summed E-state index contributed by atoms with van der Waals surface area (Å²) in [6, 6.07) is -0.939. The van der Waals surface area contributed by atoms with Gasteiger partial charge in [-0.2, -0.15) is 0 Å². The lowest BCUT2D eigenvalue weighted by Crippen LogP contribution is -2.63. The van der Waals surface area contributed by atoms with E-state index in [-0.39, 0.29) is 18.4 Å². The van der Waals surface area contributed by atoms with E-state index in [0.29, 0.717) is 13.0 Å². The third-order valence-electron chi connectivity index (χ3n) is 3.07. The number of sulfone groups is 1. The van der Waals surface area contributed by atoms with Gasteiger partial charge in [0.2, 0.25) is 0 Å². The van der Waals surface area contributed by atoms with Gasteiger partial charge < -0.3 is 9.47 Å². The SMILES string of the molecule is COC(=O)C1CS(=O)(=O)C2COCCC2N1. The number of carbonyl (C=O) groups is 1. The number of fused-ring (bicyclic) bond motifs is 1. The maximum Gasteiger partial charge on any atom is 0.323 e. The standard InChI is InChI=1S/C9H15NO5S/c1-14-9(11)7-5-16(12,13)8-4-15-3-2-6(8)10-7/h6-8,10H,2-5H2,1H3. The number of ether oxygens (including phenoxy) is 2. The first-order valence-corrected chi connectivity index (χ1v) is 6.89. The second kappa shape index (κ2) is 4.31. The molecule has 0 radical (unpaired) electrons. The summed E-state index contributed by atoms with van der Waals surface area (Å²) in [6.45, 7) is 0.742. The average Bonchev–Trinajstić information content (AvgIpc) is 2.27. The van der Waals surface area contributed by atoms with Crippen LogP contribution in [0.25, 0.3) is 0 Å². The van der Waals surface area contributed by atoms with Gasteiger partial charge in [0.25, 0.3) is 0 Å². The molecule has 1 N–H and O–H groups in total. The zero-order chi connectivity index (χ0) is 11.8. The van der Waals surface area contributed by atoms with Gasteiger partial charge in [-0.05, 0) is 6.42 Å². The molecule has 6 nitrogen and oxygen atoms in total. The van der Waals surface area contributed by atoms with Crippen molar-refractivity contribution >= 4 is 15.8 Å². The van der Waals surface area contributed by atoms with Gasteiger partial charge in [-0.1, -0.05) is 0 Å². The Kier molecular flexibility index (Phi) is 3.18. The van der Waals surface area contributed by atoms with Crippen LogP contribution in [0.15, 0.2) is 0 Å². The van der Waals surface area contributed by atoms with Crippen molar-refractivity contribution in [1.29, 1.82) is 0 Å². The number of esters is 1. The van der Waals surface area contributed by atoms with Crippen LogP contribution in [0, 0.1) is 0 Å². The Hall–Kier alpha value is -0.660. The van der Waals surface area contributed by atoms with Crippen LogP contribution in [-0.2, 0) is 24.1 Å². The van der Waals surface area contributed by atoms with Crippen molar-refractivity contribution in [3.05, 3.63) is 0 Å². The maximum atomic E-state index is 11.9. The van der Waals surface area contributed by atoms with Gasteiger partial charge in [-0.25, -0.2) is 8.42 Å². The summed E-state index contributed by atoms with van der Waals surface area (Å²) in [7, 11) is -2.02. The molecule has 0 aromatic heterocycles. The van der Waals surface area contributed by atoms with Gasteiger partial charge in [0, 0.05) is 12.6 Å². The normalized spacial score (nSPS) is 37.4. The molecule has 0 aliphatic carbocycles. The molecule has 2 rings (SSSR count). The summed E-state index contributed by atoms with van der Waals surface area (Å²) in [5.41, 5.74) is 0. The average molecular weight is 249 g/mol. The lowest BCUT2D eigenvalue weighted by atomic mass is 10.1. The van der Waals surface area contributed by atoms with Gasteiger partial charge in [-0.3, -0.25) is 10.1 Å². The molecule has 2 aliphatic heterocycles. The fourth-order valence-corrected chi connectivity index (χ4v) is 4.16. The van der Waals surface area contributed by atoms with Crippen LogP contribution in [0.4, 0.5) is 0 Å². The van der Waals surface area contributed by atoms with Crippen molar-refractivity contribution < 1.29 is 22.7 Å². The minimum Gasteiger partial charge on any atom is -0.468 e. The zero-order valence-corrected chi connectivity index (χ0v) is 9.83. The molecule has 0 bridgehead atoms. The summed E-state index contributed by atoms with van der Waals surface area (Å²) in [5.74, 6) is -0.724. The van der Waals surface area contributed by atoms with Crippen molar-refractivity contribution in [1.82, 2.24) is 5.32 Å². The summed E-state index contributed by atoms with van der Waals surface area (Å²) in [6.07, 6.45) is 0.609. The Balaban J connectivity index is 2.19. The second-order valence-electron chi connectivity index (χ2n) is 4.08. The molecule has 16 heavy (non-hydrogen) atoms. The van der Waals surface area contributed by atoms with Crippen molar-refractivity contribution in [3.8, 4) is 0 Å². The fraction of sp³-hybridized carbons (Fsp3) is 0.889. The Morgan fingerprint density at radius 3 is 2.94 bits per heavy atom. The highest BCUT2D eigenvalue weighted by atomic mass is 32.2. The van der Waals surface area contributed by atoms with Crippen LogP contribution in [0.5, 0.6) is 0 Å². The topological polar surface area (TPSA) is 81.7 Å². The summed E-state index contributed by atoms with van der Waals surface area (Å²) >= 11 is 0. The number of rotatable bonds is 1. The molecule has 0 spiro atoms. The molecule has 0 aromatic rings. The van der Waals surface area contributed by atoms with Crippen LogP contribution in [0.2, 0.25) is 0 Å². The molecule has 2 fully saturated rings. The summed E-state index contributed by atoms with van der Waals surface area (Å²) in [4.78, 5) is 11.3. The highest BCUT2D eigenvalue weighted by molar-refractivity contribution is 7.92. The van der Waals surface area contributed by atoms with Gasteiger partial charge in [0.05, 0.1) is 19.5 Å². The lowest BCUT2D eigenvalue weighted by Gasteiger charge is -2.38. The van der Waals surface area contributed by atoms with Crippen LogP contribution in [0.1, 0.15) is 6.42 Å². The first kappa shape index (κ1) is 11.8. The van der Waals surface area contributed by atoms with Crippen molar-refractivity contribution in [3.63, 3.8) is 0 Å². The molecule has 3 unspecified atom stereocenters. The molecule has 2 heterocycles. The Morgan fingerprint density at radius 1 is 1.50 bits per heavy atom. The summed E-state index contributed by atoms with van der Waals surface area (Å²) in [5, 5.41) is 2.50. The fourth-order valence-electron chi connectivity index (χ4n) is 2.20. The summed E-state index contributed by atoms with van der Waals surface area (Å²) < 4.78 is 33.6. The van der Waals surface area contributed by atoms with E-state index >= 15 is 0 Å². The van der Waals surface area contributed by atoms with Crippen molar-refractivity contribution in [2.45, 2.75) is 23.8 Å². The van der Waals surface area contributed by atoms with Crippen LogP contribution >= 0.6 is 0 Å². The van der Waals surface area contributed by atoms with Crippen LogP contribution in [-0.4, -0.2) is 57.8 Å². The van der Waals surface area contributed by atoms with E-state index < -0.39 is 27.1 Å². The third-order valence-corrected chi connectivity index (χ3v) is 5.25. The van der Waals surface area contributed by atoms with E-state index in [1.807, 2.05) is 0 Å². The van der Waals surface area contributed by atoms with E-state index in [1.54, 1.807) is 0 Å². The quantitative estimate of drug-likeness (QED) is 0.582. The Bertz CT molecular complexity index is 379. The van der Waals surface area contributed by atoms with E-state index in [2.05, 4.69) is 10.1 Å². The van der Waals surface area contributed by atoms with Gasteiger partial charge in [0.1, 0.15) is 11.3 Å². The second-order valence-corrected chi connectivity index (χ2v) is 6.35. The molecule has 0 amide bonds. The third kappa shape index (κ3) is 2.07. The lowest BCUT2D eigenvalue weighted by molar-refractivity contribution is -0.143. The molecule has 3 atom stereocenters. The van der Waals surface area contributed by atoms with Gasteiger partial charge in [-0.15, -0.1) is 0 Å². The molecule has 2 aliphatic rings. The monoisotopic (exact) mass is 249 g/mol. The number of carbonyl (C=O) groups excluding carboxylic acids is 1. The van der Waals surface area contributed by atoms with Crippen molar-refractivity contribution in [2.75, 3.05) is 26.1 Å². The molecule has 0 aromatic carbocycles. The van der Waals surface area contributed by atoms with Gasteiger partial charge in [0.15, 0.2) is 9.84 Å². The Labute approximate surface area is 94.2 Å². The first-order chi connectivity index (χ1) is 7.54. The van der Waals surface area contributed by atoms with E-state index in [4.69, 9.17) is 4.74 Å². The predicted octanol–water partition coefficient (Wildman–Crippen LogP) is -1.30. The number of methoxy groups -OCH3 is 1. The predicted molar refractivity (Wildman–Crippen MR) is 55.7 cm³/mol. The highest BCUT2D eigenvalue weighted by Crippen LogP contribution is 2.22. The highest BCUT2D eigenvalue weighted by Gasteiger charge is 2.45. The maximum absolute atomic E-state index is 11.9. The molecular formula is C9H15NO5S. The van der Waals surface area contributed by atoms with Crippen LogP contribution < -0.4 is 5.32 Å². The number of hydrogen-bond acceptors (Lipinski definition) is 6. The molecule has 2 saturated heterocycles. The Morgan fingerprint density at radius 2 is 2.25 bits per heavy atom. The largest absolute Gasteiger partial charge is 0.468 e. The van der Waals surface area contributed by atoms with Crippen LogP contribution in [0.3, 0.4) is 0 Å². The minimum atomic E-state index is -3.28. The first-order valence-electron chi connectivity index (χ1n) is 5.18. The minimum absolute atomic E-state index is 0.198. The molecule has 7 heteroatoms. The van der Waals surface area contributed by atoms with Crippen molar-refractivity contribution in [2.24, 2.45) is 0 Å². The smallest absolute Gasteiger partial charge is 0.323 e. The van der Waals surface area contributed by atoms with E-state index in [9.17, 15) is 13.2 Å².